The normalized spacial score (nSPS) is 15.2. The summed E-state index contributed by atoms with van der Waals surface area (Å²) in [5.41, 5.74) is 1.32. The number of anilines is 2. The Hall–Kier alpha value is -2.29. The van der Waals surface area contributed by atoms with E-state index < -0.39 is 10.0 Å². The minimum Gasteiger partial charge on any atom is -0.492 e. The van der Waals surface area contributed by atoms with Crippen molar-refractivity contribution in [3.05, 3.63) is 47.5 Å². The van der Waals surface area contributed by atoms with Gasteiger partial charge in [-0.3, -0.25) is 4.79 Å². The molecule has 1 heterocycles. The van der Waals surface area contributed by atoms with Crippen molar-refractivity contribution in [3.63, 3.8) is 0 Å². The van der Waals surface area contributed by atoms with E-state index in [0.717, 1.165) is 5.69 Å². The Kier molecular flexibility index (Phi) is 6.66. The molecule has 156 valence electrons. The smallest absolute Gasteiger partial charge is 0.243 e. The Morgan fingerprint density at radius 3 is 2.48 bits per heavy atom. The molecule has 0 saturated carbocycles. The average Bonchev–Trinajstić information content (AvgIpc) is 2.69. The molecule has 9 heteroatoms. The Bertz CT molecular complexity index is 989. The number of amides is 1. The number of rotatable bonds is 6. The molecule has 1 amide bonds. The molecule has 0 aliphatic carbocycles. The maximum absolute atomic E-state index is 13.1. The number of carbonyl (C=O) groups is 1. The van der Waals surface area contributed by atoms with E-state index in [0.29, 0.717) is 49.2 Å². The van der Waals surface area contributed by atoms with E-state index in [4.69, 9.17) is 16.3 Å². The molecule has 1 aliphatic heterocycles. The third kappa shape index (κ3) is 5.01. The highest BCUT2D eigenvalue weighted by atomic mass is 35.5. The number of hydrogen-bond acceptors (Lipinski definition) is 5. The molecule has 0 bridgehead atoms. The quantitative estimate of drug-likeness (QED) is 0.750. The first-order valence-electron chi connectivity index (χ1n) is 9.36. The molecule has 3 rings (SSSR count). The zero-order chi connectivity index (χ0) is 21.0. The lowest BCUT2D eigenvalue weighted by Gasteiger charge is -2.35. The molecule has 1 N–H and O–H groups in total. The zero-order valence-corrected chi connectivity index (χ0v) is 18.0. The molecular formula is C20H24ClN3O4S. The second kappa shape index (κ2) is 9.02. The van der Waals surface area contributed by atoms with Crippen LogP contribution in [0.5, 0.6) is 5.75 Å². The molecule has 1 fully saturated rings. The van der Waals surface area contributed by atoms with Gasteiger partial charge in [-0.05, 0) is 43.3 Å². The number of halogens is 1. The molecule has 0 atom stereocenters. The SMILES string of the molecule is CCOc1ccc(S(=O)(=O)N2CCN(c3cccc(Cl)c3)CC2)cc1NC(C)=O. The van der Waals surface area contributed by atoms with E-state index in [-0.39, 0.29) is 10.8 Å². The second-order valence-electron chi connectivity index (χ2n) is 6.64. The van der Waals surface area contributed by atoms with Gasteiger partial charge in [0.15, 0.2) is 0 Å². The highest BCUT2D eigenvalue weighted by Crippen LogP contribution is 2.30. The van der Waals surface area contributed by atoms with Gasteiger partial charge in [0.2, 0.25) is 15.9 Å². The summed E-state index contributed by atoms with van der Waals surface area (Å²) < 4.78 is 33.2. The van der Waals surface area contributed by atoms with Gasteiger partial charge in [0.1, 0.15) is 5.75 Å². The molecule has 2 aromatic carbocycles. The largest absolute Gasteiger partial charge is 0.492 e. The fraction of sp³-hybridized carbons (Fsp3) is 0.350. The highest BCUT2D eigenvalue weighted by Gasteiger charge is 2.29. The number of benzene rings is 2. The first-order valence-corrected chi connectivity index (χ1v) is 11.2. The summed E-state index contributed by atoms with van der Waals surface area (Å²) in [6.07, 6.45) is 0. The Balaban J connectivity index is 1.78. The van der Waals surface area contributed by atoms with Crippen LogP contribution in [0.1, 0.15) is 13.8 Å². The van der Waals surface area contributed by atoms with E-state index in [1.807, 2.05) is 31.2 Å². The summed E-state index contributed by atoms with van der Waals surface area (Å²) in [6.45, 7) is 5.44. The van der Waals surface area contributed by atoms with E-state index in [1.54, 1.807) is 6.07 Å². The van der Waals surface area contributed by atoms with Gasteiger partial charge < -0.3 is 15.0 Å². The molecule has 2 aromatic rings. The Morgan fingerprint density at radius 2 is 1.86 bits per heavy atom. The molecule has 1 saturated heterocycles. The topological polar surface area (TPSA) is 79.0 Å². The van der Waals surface area contributed by atoms with Gasteiger partial charge in [-0.25, -0.2) is 8.42 Å². The van der Waals surface area contributed by atoms with Crippen LogP contribution < -0.4 is 15.0 Å². The predicted octanol–water partition coefficient (Wildman–Crippen LogP) is 3.21. The van der Waals surface area contributed by atoms with Crippen molar-refractivity contribution in [2.75, 3.05) is 43.0 Å². The monoisotopic (exact) mass is 437 g/mol. The van der Waals surface area contributed by atoms with Crippen LogP contribution in [0.25, 0.3) is 0 Å². The maximum Gasteiger partial charge on any atom is 0.243 e. The van der Waals surface area contributed by atoms with Gasteiger partial charge in [0.05, 0.1) is 17.2 Å². The van der Waals surface area contributed by atoms with Crippen LogP contribution in [-0.2, 0) is 14.8 Å². The number of nitrogens with one attached hydrogen (secondary N) is 1. The lowest BCUT2D eigenvalue weighted by atomic mass is 10.2. The standard InChI is InChI=1S/C20H24ClN3O4S/c1-3-28-20-8-7-18(14-19(20)22-15(2)25)29(26,27)24-11-9-23(10-12-24)17-6-4-5-16(21)13-17/h4-8,13-14H,3,9-12H2,1-2H3,(H,22,25). The molecule has 0 spiro atoms. The summed E-state index contributed by atoms with van der Waals surface area (Å²) in [7, 11) is -3.69. The van der Waals surface area contributed by atoms with Crippen molar-refractivity contribution < 1.29 is 17.9 Å². The minimum absolute atomic E-state index is 0.126. The number of hydrogen-bond donors (Lipinski definition) is 1. The summed E-state index contributed by atoms with van der Waals surface area (Å²) in [5, 5.41) is 3.29. The lowest BCUT2D eigenvalue weighted by molar-refractivity contribution is -0.114. The maximum atomic E-state index is 13.1. The van der Waals surface area contributed by atoms with Crippen LogP contribution in [0.2, 0.25) is 5.02 Å². The Labute approximate surface area is 176 Å². The molecule has 0 unspecified atom stereocenters. The molecule has 7 nitrogen and oxygen atoms in total. The number of ether oxygens (including phenoxy) is 1. The van der Waals surface area contributed by atoms with Gasteiger partial charge in [-0.15, -0.1) is 0 Å². The fourth-order valence-corrected chi connectivity index (χ4v) is 4.88. The van der Waals surface area contributed by atoms with E-state index in [2.05, 4.69) is 10.2 Å². The van der Waals surface area contributed by atoms with Crippen molar-refractivity contribution in [3.8, 4) is 5.75 Å². The second-order valence-corrected chi connectivity index (χ2v) is 9.02. The van der Waals surface area contributed by atoms with Crippen LogP contribution >= 0.6 is 11.6 Å². The third-order valence-corrected chi connectivity index (χ3v) is 6.74. The molecular weight excluding hydrogens is 414 g/mol. The number of nitrogens with zero attached hydrogens (tertiary/aromatic N) is 2. The summed E-state index contributed by atoms with van der Waals surface area (Å²) in [4.78, 5) is 13.7. The van der Waals surface area contributed by atoms with E-state index >= 15 is 0 Å². The predicted molar refractivity (Wildman–Crippen MR) is 114 cm³/mol. The van der Waals surface area contributed by atoms with Crippen molar-refractivity contribution in [2.45, 2.75) is 18.7 Å². The van der Waals surface area contributed by atoms with Crippen LogP contribution in [0.3, 0.4) is 0 Å². The number of carbonyl (C=O) groups excluding carboxylic acids is 1. The van der Waals surface area contributed by atoms with Crippen LogP contribution in [0.4, 0.5) is 11.4 Å². The van der Waals surface area contributed by atoms with Crippen molar-refractivity contribution >= 4 is 38.9 Å². The van der Waals surface area contributed by atoms with Crippen LogP contribution in [0.15, 0.2) is 47.4 Å². The minimum atomic E-state index is -3.69. The first-order chi connectivity index (χ1) is 13.8. The molecule has 1 aliphatic rings. The molecule has 0 radical (unpaired) electrons. The summed E-state index contributed by atoms with van der Waals surface area (Å²) in [5.74, 6) is 0.142. The molecule has 0 aromatic heterocycles. The lowest BCUT2D eigenvalue weighted by Crippen LogP contribution is -2.48. The summed E-state index contributed by atoms with van der Waals surface area (Å²) in [6, 6.07) is 12.1. The molecule has 29 heavy (non-hydrogen) atoms. The third-order valence-electron chi connectivity index (χ3n) is 4.61. The number of piperazine rings is 1. The van der Waals surface area contributed by atoms with Crippen LogP contribution in [-0.4, -0.2) is 51.4 Å². The zero-order valence-electron chi connectivity index (χ0n) is 16.4. The van der Waals surface area contributed by atoms with E-state index in [9.17, 15) is 13.2 Å². The average molecular weight is 438 g/mol. The fourth-order valence-electron chi connectivity index (χ4n) is 3.25. The Morgan fingerprint density at radius 1 is 1.14 bits per heavy atom. The van der Waals surface area contributed by atoms with Crippen LogP contribution in [0, 0.1) is 0 Å². The summed E-state index contributed by atoms with van der Waals surface area (Å²) >= 11 is 6.06. The van der Waals surface area contributed by atoms with E-state index in [1.165, 1.54) is 23.4 Å². The van der Waals surface area contributed by atoms with Gasteiger partial charge in [-0.1, -0.05) is 17.7 Å². The van der Waals surface area contributed by atoms with Gasteiger partial charge in [0, 0.05) is 43.8 Å². The van der Waals surface area contributed by atoms with Crippen molar-refractivity contribution in [1.82, 2.24) is 4.31 Å². The van der Waals surface area contributed by atoms with Gasteiger partial charge in [-0.2, -0.15) is 4.31 Å². The van der Waals surface area contributed by atoms with Gasteiger partial charge >= 0.3 is 0 Å². The first kappa shape index (κ1) is 21.4. The van der Waals surface area contributed by atoms with Crippen molar-refractivity contribution in [1.29, 1.82) is 0 Å². The number of sulfonamides is 1. The highest BCUT2D eigenvalue weighted by molar-refractivity contribution is 7.89. The van der Waals surface area contributed by atoms with Gasteiger partial charge in [0.25, 0.3) is 0 Å². The van der Waals surface area contributed by atoms with Crippen molar-refractivity contribution in [2.24, 2.45) is 0 Å².